The van der Waals surface area contributed by atoms with Crippen molar-refractivity contribution in [1.82, 2.24) is 20.6 Å². The first-order valence-electron chi connectivity index (χ1n) is 9.44. The number of aliphatic imine (C=N–C) groups is 1. The molecular formula is C21H25FIN5OS. The molecule has 2 heterocycles. The maximum absolute atomic E-state index is 13.0. The lowest BCUT2D eigenvalue weighted by Gasteiger charge is -2.11. The summed E-state index contributed by atoms with van der Waals surface area (Å²) in [7, 11) is 0. The number of ether oxygens (including phenoxy) is 1. The Morgan fingerprint density at radius 2 is 1.97 bits per heavy atom. The number of hydrogen-bond donors (Lipinski definition) is 2. The Balaban J connectivity index is 0.00000320. The fourth-order valence-corrected chi connectivity index (χ4v) is 3.18. The van der Waals surface area contributed by atoms with Gasteiger partial charge in [-0.1, -0.05) is 6.07 Å². The maximum atomic E-state index is 13.0. The van der Waals surface area contributed by atoms with Crippen molar-refractivity contribution in [2.24, 2.45) is 4.99 Å². The monoisotopic (exact) mass is 541 g/mol. The van der Waals surface area contributed by atoms with E-state index >= 15 is 0 Å². The Kier molecular flexibility index (Phi) is 9.95. The Morgan fingerprint density at radius 1 is 1.17 bits per heavy atom. The van der Waals surface area contributed by atoms with Crippen molar-refractivity contribution >= 4 is 41.3 Å². The maximum Gasteiger partial charge on any atom is 0.219 e. The van der Waals surface area contributed by atoms with Crippen LogP contribution in [0.4, 0.5) is 4.39 Å². The van der Waals surface area contributed by atoms with Gasteiger partial charge in [0.25, 0.3) is 0 Å². The summed E-state index contributed by atoms with van der Waals surface area (Å²) in [6.45, 7) is 6.08. The average molecular weight is 541 g/mol. The molecule has 3 aromatic rings. The number of aromatic nitrogens is 2. The van der Waals surface area contributed by atoms with Gasteiger partial charge in [0.2, 0.25) is 5.88 Å². The predicted octanol–water partition coefficient (Wildman–Crippen LogP) is 4.69. The third-order valence-electron chi connectivity index (χ3n) is 3.94. The summed E-state index contributed by atoms with van der Waals surface area (Å²) in [4.78, 5) is 13.4. The molecule has 0 amide bonds. The van der Waals surface area contributed by atoms with E-state index in [9.17, 15) is 4.39 Å². The highest BCUT2D eigenvalue weighted by atomic mass is 127. The molecule has 0 aliphatic rings. The number of nitrogens with zero attached hydrogens (tertiary/aromatic N) is 3. The van der Waals surface area contributed by atoms with E-state index < -0.39 is 0 Å². The lowest BCUT2D eigenvalue weighted by Crippen LogP contribution is -2.38. The van der Waals surface area contributed by atoms with Crippen LogP contribution in [-0.4, -0.2) is 29.0 Å². The van der Waals surface area contributed by atoms with Crippen LogP contribution in [0.25, 0.3) is 0 Å². The number of nitrogens with one attached hydrogen (secondary N) is 2. The lowest BCUT2D eigenvalue weighted by atomic mass is 10.3. The van der Waals surface area contributed by atoms with Crippen molar-refractivity contribution in [3.63, 3.8) is 0 Å². The van der Waals surface area contributed by atoms with E-state index in [1.165, 1.54) is 12.1 Å². The van der Waals surface area contributed by atoms with Crippen molar-refractivity contribution in [2.75, 3.05) is 13.1 Å². The first-order valence-corrected chi connectivity index (χ1v) is 10.3. The van der Waals surface area contributed by atoms with Gasteiger partial charge in [-0.2, -0.15) is 0 Å². The number of benzene rings is 1. The van der Waals surface area contributed by atoms with Crippen LogP contribution in [0.1, 0.15) is 23.2 Å². The van der Waals surface area contributed by atoms with E-state index in [0.29, 0.717) is 18.2 Å². The first-order chi connectivity index (χ1) is 14.1. The molecule has 2 aromatic heterocycles. The second-order valence-corrected chi connectivity index (χ2v) is 7.35. The molecule has 3 rings (SSSR count). The van der Waals surface area contributed by atoms with Crippen molar-refractivity contribution in [2.45, 2.75) is 26.8 Å². The summed E-state index contributed by atoms with van der Waals surface area (Å²) >= 11 is 1.66. The molecule has 0 atom stereocenters. The van der Waals surface area contributed by atoms with Gasteiger partial charge in [0.05, 0.1) is 17.2 Å². The van der Waals surface area contributed by atoms with Crippen LogP contribution >= 0.6 is 35.3 Å². The number of thiazole rings is 1. The summed E-state index contributed by atoms with van der Waals surface area (Å²) < 4.78 is 18.6. The Morgan fingerprint density at radius 3 is 2.60 bits per heavy atom. The average Bonchev–Trinajstić information content (AvgIpc) is 3.14. The third-order valence-corrected chi connectivity index (χ3v) is 4.76. The van der Waals surface area contributed by atoms with Gasteiger partial charge in [-0.25, -0.2) is 19.4 Å². The minimum Gasteiger partial charge on any atom is -0.439 e. The van der Waals surface area contributed by atoms with Gasteiger partial charge in [-0.3, -0.25) is 0 Å². The molecule has 0 aliphatic carbocycles. The molecule has 0 saturated carbocycles. The van der Waals surface area contributed by atoms with Gasteiger partial charge < -0.3 is 15.4 Å². The summed E-state index contributed by atoms with van der Waals surface area (Å²) in [5.74, 6) is 1.45. The van der Waals surface area contributed by atoms with Gasteiger partial charge in [0.1, 0.15) is 11.6 Å². The summed E-state index contributed by atoms with van der Waals surface area (Å²) in [5, 5.41) is 9.73. The Labute approximate surface area is 197 Å². The number of rotatable bonds is 8. The van der Waals surface area contributed by atoms with Crippen molar-refractivity contribution in [3.05, 3.63) is 70.1 Å². The quantitative estimate of drug-likeness (QED) is 0.246. The molecule has 0 saturated heterocycles. The summed E-state index contributed by atoms with van der Waals surface area (Å²) in [6, 6.07) is 9.52. The second-order valence-electron chi connectivity index (χ2n) is 6.29. The van der Waals surface area contributed by atoms with Gasteiger partial charge in [-0.15, -0.1) is 35.3 Å². The highest BCUT2D eigenvalue weighted by molar-refractivity contribution is 14.0. The normalized spacial score (nSPS) is 11.0. The molecule has 0 radical (unpaired) electrons. The SMILES string of the molecule is CCNC(=NCc1ccc(Oc2ccc(F)cc2)nc1)NCCc1csc(C)n1.I. The summed E-state index contributed by atoms with van der Waals surface area (Å²) in [5.41, 5.74) is 2.06. The molecule has 160 valence electrons. The smallest absolute Gasteiger partial charge is 0.219 e. The standard InChI is InChI=1S/C21H24FN5OS.HI/c1-3-23-21(24-11-10-18-14-29-15(2)27-18)26-13-16-4-9-20(25-12-16)28-19-7-5-17(22)6-8-19;/h4-9,12,14H,3,10-11,13H2,1-2H3,(H2,23,24,26);1H. The molecule has 9 heteroatoms. The van der Waals surface area contributed by atoms with Gasteiger partial charge >= 0.3 is 0 Å². The van der Waals surface area contributed by atoms with Crippen molar-refractivity contribution < 1.29 is 9.13 Å². The number of guanidine groups is 1. The molecule has 0 bridgehead atoms. The van der Waals surface area contributed by atoms with Crippen LogP contribution in [-0.2, 0) is 13.0 Å². The first kappa shape index (κ1) is 24.0. The molecule has 6 nitrogen and oxygen atoms in total. The molecule has 2 N–H and O–H groups in total. The van der Waals surface area contributed by atoms with Crippen LogP contribution in [0.3, 0.4) is 0 Å². The zero-order valence-corrected chi connectivity index (χ0v) is 20.0. The second kappa shape index (κ2) is 12.4. The molecule has 1 aromatic carbocycles. The van der Waals surface area contributed by atoms with E-state index in [-0.39, 0.29) is 29.8 Å². The Bertz CT molecular complexity index is 931. The number of pyridine rings is 1. The van der Waals surface area contributed by atoms with Gasteiger partial charge in [0.15, 0.2) is 5.96 Å². The zero-order chi connectivity index (χ0) is 20.5. The van der Waals surface area contributed by atoms with Crippen LogP contribution in [0.2, 0.25) is 0 Å². The Hall–Kier alpha value is -2.27. The molecule has 30 heavy (non-hydrogen) atoms. The highest BCUT2D eigenvalue weighted by Crippen LogP contribution is 2.19. The fourth-order valence-electron chi connectivity index (χ4n) is 2.53. The minimum absolute atomic E-state index is 0. The number of hydrogen-bond acceptors (Lipinski definition) is 5. The van der Waals surface area contributed by atoms with Crippen LogP contribution in [0, 0.1) is 12.7 Å². The van der Waals surface area contributed by atoms with Crippen LogP contribution in [0.5, 0.6) is 11.6 Å². The minimum atomic E-state index is -0.301. The predicted molar refractivity (Wildman–Crippen MR) is 129 cm³/mol. The summed E-state index contributed by atoms with van der Waals surface area (Å²) in [6.07, 6.45) is 2.58. The number of halogens is 2. The lowest BCUT2D eigenvalue weighted by molar-refractivity contribution is 0.461. The largest absolute Gasteiger partial charge is 0.439 e. The topological polar surface area (TPSA) is 71.4 Å². The molecular weight excluding hydrogens is 516 g/mol. The molecule has 0 unspecified atom stereocenters. The molecule has 0 fully saturated rings. The van der Waals surface area contributed by atoms with Crippen molar-refractivity contribution in [3.8, 4) is 11.6 Å². The van der Waals surface area contributed by atoms with E-state index in [0.717, 1.165) is 41.7 Å². The van der Waals surface area contributed by atoms with E-state index in [4.69, 9.17) is 4.74 Å². The van der Waals surface area contributed by atoms with Crippen LogP contribution < -0.4 is 15.4 Å². The van der Waals surface area contributed by atoms with E-state index in [2.05, 4.69) is 31.0 Å². The molecule has 0 spiro atoms. The molecule has 0 aliphatic heterocycles. The highest BCUT2D eigenvalue weighted by Gasteiger charge is 2.03. The fraction of sp³-hybridized carbons (Fsp3) is 0.286. The van der Waals surface area contributed by atoms with Gasteiger partial charge in [-0.05, 0) is 43.7 Å². The zero-order valence-electron chi connectivity index (χ0n) is 16.9. The third kappa shape index (κ3) is 7.86. The van der Waals surface area contributed by atoms with E-state index in [1.807, 2.05) is 19.9 Å². The van der Waals surface area contributed by atoms with E-state index in [1.54, 1.807) is 35.7 Å². The number of aryl methyl sites for hydroxylation is 1. The van der Waals surface area contributed by atoms with Gasteiger partial charge in [0, 0.05) is 37.2 Å². The van der Waals surface area contributed by atoms with Crippen LogP contribution in [0.15, 0.2) is 53.0 Å². The van der Waals surface area contributed by atoms with Crippen molar-refractivity contribution in [1.29, 1.82) is 0 Å².